The van der Waals surface area contributed by atoms with E-state index < -0.39 is 23.9 Å². The summed E-state index contributed by atoms with van der Waals surface area (Å²) in [6, 6.07) is 6.01. The van der Waals surface area contributed by atoms with Crippen molar-refractivity contribution in [1.29, 1.82) is 0 Å². The van der Waals surface area contributed by atoms with Crippen LogP contribution in [-0.4, -0.2) is 35.9 Å². The van der Waals surface area contributed by atoms with Gasteiger partial charge in [-0.2, -0.15) is 0 Å². The van der Waals surface area contributed by atoms with E-state index in [9.17, 15) is 14.4 Å². The molecule has 1 aromatic heterocycles. The molecule has 36 heavy (non-hydrogen) atoms. The van der Waals surface area contributed by atoms with Crippen LogP contribution in [0, 0.1) is 31.1 Å². The molecule has 4 aliphatic carbocycles. The maximum absolute atomic E-state index is 13.2. The van der Waals surface area contributed by atoms with E-state index in [1.165, 1.54) is 11.3 Å². The van der Waals surface area contributed by atoms with Gasteiger partial charge in [0.15, 0.2) is 6.61 Å². The van der Waals surface area contributed by atoms with Crippen molar-refractivity contribution in [2.45, 2.75) is 64.2 Å². The van der Waals surface area contributed by atoms with Crippen LogP contribution < -0.4 is 5.32 Å². The lowest BCUT2D eigenvalue weighted by atomic mass is 9.49. The zero-order valence-electron chi connectivity index (χ0n) is 20.9. The number of esters is 2. The average molecular weight is 530 g/mol. The third kappa shape index (κ3) is 4.68. The second-order valence-electron chi connectivity index (χ2n) is 10.9. The standard InChI is InChI=1S/C28H32ClNO5S/c1-4-34-25(32)23-21(20-6-5-16(2)7-17(20)3)14-36-24(23)30-22(31)13-35-26(33)27-9-18-8-19(10-27)12-28(29,11-18)15-27/h5-7,14,18-19H,4,8-13,15H2,1-3H3,(H,30,31). The van der Waals surface area contributed by atoms with Crippen molar-refractivity contribution in [3.63, 3.8) is 0 Å². The molecule has 2 aromatic rings. The van der Waals surface area contributed by atoms with Crippen LogP contribution in [0.5, 0.6) is 0 Å². The van der Waals surface area contributed by atoms with Crippen LogP contribution in [-0.2, 0) is 19.1 Å². The summed E-state index contributed by atoms with van der Waals surface area (Å²) in [5.41, 5.74) is 3.52. The number of hydrogen-bond donors (Lipinski definition) is 1. The van der Waals surface area contributed by atoms with Gasteiger partial charge in [-0.3, -0.25) is 9.59 Å². The van der Waals surface area contributed by atoms with E-state index in [1.807, 2.05) is 31.4 Å². The Morgan fingerprint density at radius 3 is 2.44 bits per heavy atom. The van der Waals surface area contributed by atoms with E-state index in [4.69, 9.17) is 21.1 Å². The van der Waals surface area contributed by atoms with Gasteiger partial charge in [-0.15, -0.1) is 22.9 Å². The average Bonchev–Trinajstić information content (AvgIpc) is 3.19. The number of ether oxygens (including phenoxy) is 2. The Kier molecular flexibility index (Phi) is 6.66. The molecule has 0 saturated heterocycles. The molecular formula is C28H32ClNO5S. The fraction of sp³-hybridized carbons (Fsp3) is 0.536. The number of hydrogen-bond acceptors (Lipinski definition) is 6. The zero-order valence-corrected chi connectivity index (χ0v) is 22.5. The fourth-order valence-corrected chi connectivity index (χ4v) is 8.66. The third-order valence-electron chi connectivity index (χ3n) is 7.95. The summed E-state index contributed by atoms with van der Waals surface area (Å²) in [4.78, 5) is 38.6. The molecule has 4 fully saturated rings. The molecule has 0 spiro atoms. The number of aryl methyl sites for hydroxylation is 2. The summed E-state index contributed by atoms with van der Waals surface area (Å²) in [7, 11) is 0. The predicted octanol–water partition coefficient (Wildman–Crippen LogP) is 6.27. The first-order chi connectivity index (χ1) is 17.1. The number of carbonyl (C=O) groups is 3. The van der Waals surface area contributed by atoms with E-state index in [0.29, 0.717) is 34.4 Å². The molecule has 1 N–H and O–H groups in total. The second kappa shape index (κ2) is 9.49. The highest BCUT2D eigenvalue weighted by Crippen LogP contribution is 2.64. The van der Waals surface area contributed by atoms with Gasteiger partial charge in [0.25, 0.3) is 5.91 Å². The van der Waals surface area contributed by atoms with Gasteiger partial charge in [0.1, 0.15) is 10.6 Å². The summed E-state index contributed by atoms with van der Waals surface area (Å²) in [5, 5.41) is 5.02. The first kappa shape index (κ1) is 25.3. The number of amides is 1. The minimum absolute atomic E-state index is 0.220. The molecule has 8 heteroatoms. The molecule has 6 rings (SSSR count). The molecule has 2 atom stereocenters. The number of halogens is 1. The Bertz CT molecular complexity index is 1210. The number of rotatable bonds is 7. The van der Waals surface area contributed by atoms with Crippen LogP contribution >= 0.6 is 22.9 Å². The Morgan fingerprint density at radius 2 is 1.81 bits per heavy atom. The van der Waals surface area contributed by atoms with Crippen molar-refractivity contribution in [3.05, 3.63) is 40.3 Å². The van der Waals surface area contributed by atoms with E-state index in [1.54, 1.807) is 6.92 Å². The molecule has 4 saturated carbocycles. The zero-order chi connectivity index (χ0) is 25.7. The van der Waals surface area contributed by atoms with E-state index in [-0.39, 0.29) is 17.5 Å². The molecule has 4 bridgehead atoms. The number of alkyl halides is 1. The van der Waals surface area contributed by atoms with Gasteiger partial charge in [0.05, 0.1) is 12.0 Å². The Labute approximate surface area is 220 Å². The summed E-state index contributed by atoms with van der Waals surface area (Å²) in [6.45, 7) is 5.57. The number of carbonyl (C=O) groups excluding carboxylic acids is 3. The number of anilines is 1. The Hall–Kier alpha value is -2.38. The molecule has 6 nitrogen and oxygen atoms in total. The highest BCUT2D eigenvalue weighted by atomic mass is 35.5. The van der Waals surface area contributed by atoms with Gasteiger partial charge < -0.3 is 14.8 Å². The fourth-order valence-electron chi connectivity index (χ4n) is 7.01. The van der Waals surface area contributed by atoms with Gasteiger partial charge >= 0.3 is 11.9 Å². The van der Waals surface area contributed by atoms with Gasteiger partial charge in [-0.05, 0) is 82.3 Å². The maximum atomic E-state index is 13.2. The lowest BCUT2D eigenvalue weighted by Gasteiger charge is -2.58. The summed E-state index contributed by atoms with van der Waals surface area (Å²) < 4.78 is 10.9. The second-order valence-corrected chi connectivity index (χ2v) is 12.6. The van der Waals surface area contributed by atoms with Crippen molar-refractivity contribution in [2.24, 2.45) is 17.3 Å². The maximum Gasteiger partial charge on any atom is 0.341 e. The summed E-state index contributed by atoms with van der Waals surface area (Å²) in [6.07, 6.45) is 5.32. The molecule has 0 radical (unpaired) electrons. The highest BCUT2D eigenvalue weighted by molar-refractivity contribution is 7.15. The van der Waals surface area contributed by atoms with Crippen molar-refractivity contribution in [1.82, 2.24) is 0 Å². The molecule has 1 heterocycles. The summed E-state index contributed by atoms with van der Waals surface area (Å²) >= 11 is 8.11. The van der Waals surface area contributed by atoms with Gasteiger partial charge in [0, 0.05) is 15.8 Å². The van der Waals surface area contributed by atoms with Crippen molar-refractivity contribution < 1.29 is 23.9 Å². The quantitative estimate of drug-likeness (QED) is 0.338. The molecule has 1 aromatic carbocycles. The molecule has 0 aliphatic heterocycles. The van der Waals surface area contributed by atoms with Gasteiger partial charge in [-0.25, -0.2) is 4.79 Å². The topological polar surface area (TPSA) is 81.7 Å². The minimum Gasteiger partial charge on any atom is -0.462 e. The number of benzene rings is 1. The first-order valence-electron chi connectivity index (χ1n) is 12.6. The molecule has 192 valence electrons. The van der Waals surface area contributed by atoms with Gasteiger partial charge in [-0.1, -0.05) is 23.8 Å². The van der Waals surface area contributed by atoms with E-state index >= 15 is 0 Å². The molecule has 4 aliphatic rings. The van der Waals surface area contributed by atoms with Crippen LogP contribution in [0.4, 0.5) is 5.00 Å². The predicted molar refractivity (Wildman–Crippen MR) is 140 cm³/mol. The third-order valence-corrected chi connectivity index (χ3v) is 9.29. The SMILES string of the molecule is CCOC(=O)c1c(-c2ccc(C)cc2C)csc1NC(=O)COC(=O)C12CC3CC(CC(Cl)(C3)C1)C2. The molecule has 1 amide bonds. The van der Waals surface area contributed by atoms with E-state index in [2.05, 4.69) is 11.4 Å². The van der Waals surface area contributed by atoms with Crippen LogP contribution in [0.25, 0.3) is 11.1 Å². The van der Waals surface area contributed by atoms with Crippen molar-refractivity contribution in [3.8, 4) is 11.1 Å². The van der Waals surface area contributed by atoms with Gasteiger partial charge in [0.2, 0.25) is 0 Å². The van der Waals surface area contributed by atoms with Crippen LogP contribution in [0.3, 0.4) is 0 Å². The van der Waals surface area contributed by atoms with Crippen molar-refractivity contribution >= 4 is 45.8 Å². The Morgan fingerprint density at radius 1 is 1.08 bits per heavy atom. The van der Waals surface area contributed by atoms with Crippen molar-refractivity contribution in [2.75, 3.05) is 18.5 Å². The normalized spacial score (nSPS) is 28.1. The lowest BCUT2D eigenvalue weighted by Crippen LogP contribution is -2.56. The molecule has 2 unspecified atom stereocenters. The Balaban J connectivity index is 1.30. The number of nitrogens with one attached hydrogen (secondary N) is 1. The number of thiophene rings is 1. The molecular weight excluding hydrogens is 498 g/mol. The lowest BCUT2D eigenvalue weighted by molar-refractivity contribution is -0.171. The smallest absolute Gasteiger partial charge is 0.341 e. The van der Waals surface area contributed by atoms with Crippen LogP contribution in [0.1, 0.15) is 66.9 Å². The largest absolute Gasteiger partial charge is 0.462 e. The van der Waals surface area contributed by atoms with Crippen LogP contribution in [0.2, 0.25) is 0 Å². The minimum atomic E-state index is -0.568. The summed E-state index contributed by atoms with van der Waals surface area (Å²) in [5.74, 6) is -0.362. The van der Waals surface area contributed by atoms with E-state index in [0.717, 1.165) is 48.8 Å². The first-order valence-corrected chi connectivity index (χ1v) is 13.9. The monoisotopic (exact) mass is 529 g/mol. The highest BCUT2D eigenvalue weighted by Gasteiger charge is 2.60. The van der Waals surface area contributed by atoms with Crippen LogP contribution in [0.15, 0.2) is 23.6 Å².